The van der Waals surface area contributed by atoms with Crippen LogP contribution in [0.5, 0.6) is 5.75 Å². The second-order valence-corrected chi connectivity index (χ2v) is 6.14. The molecule has 1 heterocycles. The molecule has 1 fully saturated rings. The van der Waals surface area contributed by atoms with Crippen LogP contribution in [0.1, 0.15) is 43.3 Å². The number of carbonyl (C=O) groups excluding carboxylic acids is 1. The number of rotatable bonds is 7. The first-order chi connectivity index (χ1) is 11.7. The average Bonchev–Trinajstić information content (AvgIpc) is 3.14. The van der Waals surface area contributed by atoms with Crippen LogP contribution in [-0.4, -0.2) is 18.7 Å². The van der Waals surface area contributed by atoms with E-state index in [1.807, 2.05) is 36.4 Å². The number of hydrogen-bond acceptors (Lipinski definition) is 4. The van der Waals surface area contributed by atoms with Crippen molar-refractivity contribution in [1.82, 2.24) is 5.43 Å². The van der Waals surface area contributed by atoms with Crippen LogP contribution < -0.4 is 10.2 Å². The molecule has 1 aliphatic carbocycles. The molecular formula is C19H22N2O3. The van der Waals surface area contributed by atoms with Crippen molar-refractivity contribution in [2.24, 2.45) is 11.0 Å². The minimum absolute atomic E-state index is 0.0776. The maximum Gasteiger partial charge on any atom is 0.277 e. The number of nitrogens with one attached hydrogen (secondary N) is 1. The van der Waals surface area contributed by atoms with Gasteiger partial charge in [-0.15, -0.1) is 0 Å². The van der Waals surface area contributed by atoms with Gasteiger partial charge in [0.15, 0.2) is 6.61 Å². The third-order valence-corrected chi connectivity index (χ3v) is 4.21. The lowest BCUT2D eigenvalue weighted by molar-refractivity contribution is -0.123. The molecular weight excluding hydrogens is 304 g/mol. The summed E-state index contributed by atoms with van der Waals surface area (Å²) >= 11 is 0. The van der Waals surface area contributed by atoms with Crippen molar-refractivity contribution in [2.75, 3.05) is 6.61 Å². The van der Waals surface area contributed by atoms with E-state index in [9.17, 15) is 4.79 Å². The van der Waals surface area contributed by atoms with E-state index in [0.29, 0.717) is 23.3 Å². The van der Waals surface area contributed by atoms with Gasteiger partial charge >= 0.3 is 0 Å². The van der Waals surface area contributed by atoms with Crippen molar-refractivity contribution >= 4 is 12.1 Å². The SMILES string of the molecule is CCc1ccc(OCC(=O)N/N=C\c2ccc([C@@H]3C[C@@H]3C)o2)cc1. The minimum atomic E-state index is -0.312. The Bertz CT molecular complexity index is 718. The van der Waals surface area contributed by atoms with Crippen molar-refractivity contribution in [3.8, 4) is 5.75 Å². The zero-order chi connectivity index (χ0) is 16.9. The quantitative estimate of drug-likeness (QED) is 0.626. The number of amides is 1. The highest BCUT2D eigenvalue weighted by molar-refractivity contribution is 5.81. The monoisotopic (exact) mass is 326 g/mol. The second-order valence-electron chi connectivity index (χ2n) is 6.14. The molecule has 2 atom stereocenters. The zero-order valence-electron chi connectivity index (χ0n) is 14.0. The average molecular weight is 326 g/mol. The van der Waals surface area contributed by atoms with Crippen LogP contribution >= 0.6 is 0 Å². The largest absolute Gasteiger partial charge is 0.484 e. The van der Waals surface area contributed by atoms with Gasteiger partial charge in [0.25, 0.3) is 5.91 Å². The molecule has 126 valence electrons. The van der Waals surface area contributed by atoms with Gasteiger partial charge in [-0.3, -0.25) is 4.79 Å². The molecule has 1 amide bonds. The fourth-order valence-corrected chi connectivity index (χ4v) is 2.53. The van der Waals surface area contributed by atoms with Crippen molar-refractivity contribution < 1.29 is 13.9 Å². The maximum absolute atomic E-state index is 11.7. The minimum Gasteiger partial charge on any atom is -0.484 e. The number of hydrogen-bond donors (Lipinski definition) is 1. The van der Waals surface area contributed by atoms with Crippen molar-refractivity contribution in [2.45, 2.75) is 32.6 Å². The second kappa shape index (κ2) is 7.34. The summed E-state index contributed by atoms with van der Waals surface area (Å²) in [6.07, 6.45) is 3.66. The Hall–Kier alpha value is -2.56. The number of furan rings is 1. The lowest BCUT2D eigenvalue weighted by Crippen LogP contribution is -2.24. The van der Waals surface area contributed by atoms with Crippen molar-refractivity contribution in [3.63, 3.8) is 0 Å². The topological polar surface area (TPSA) is 63.8 Å². The van der Waals surface area contributed by atoms with E-state index < -0.39 is 0 Å². The summed E-state index contributed by atoms with van der Waals surface area (Å²) < 4.78 is 11.1. The highest BCUT2D eigenvalue weighted by Gasteiger charge is 2.36. The number of hydrazone groups is 1. The highest BCUT2D eigenvalue weighted by Crippen LogP contribution is 2.47. The van der Waals surface area contributed by atoms with Crippen LogP contribution in [0, 0.1) is 5.92 Å². The van der Waals surface area contributed by atoms with E-state index in [4.69, 9.17) is 9.15 Å². The van der Waals surface area contributed by atoms with Crippen LogP contribution in [0.2, 0.25) is 0 Å². The molecule has 5 nitrogen and oxygen atoms in total. The smallest absolute Gasteiger partial charge is 0.277 e. The van der Waals surface area contributed by atoms with E-state index in [2.05, 4.69) is 24.4 Å². The van der Waals surface area contributed by atoms with E-state index in [1.165, 1.54) is 18.2 Å². The molecule has 0 unspecified atom stereocenters. The van der Waals surface area contributed by atoms with E-state index in [0.717, 1.165) is 12.2 Å². The molecule has 0 bridgehead atoms. The molecule has 1 aliphatic rings. The highest BCUT2D eigenvalue weighted by atomic mass is 16.5. The Kier molecular flexibility index (Phi) is 4.99. The van der Waals surface area contributed by atoms with Gasteiger partial charge in [0.1, 0.15) is 17.3 Å². The van der Waals surface area contributed by atoms with Gasteiger partial charge in [0, 0.05) is 5.92 Å². The Morgan fingerprint density at radius 1 is 1.33 bits per heavy atom. The number of benzene rings is 1. The summed E-state index contributed by atoms with van der Waals surface area (Å²) in [6, 6.07) is 11.5. The normalized spacial score (nSPS) is 19.4. The van der Waals surface area contributed by atoms with E-state index >= 15 is 0 Å². The van der Waals surface area contributed by atoms with Crippen LogP contribution in [0.15, 0.2) is 45.9 Å². The van der Waals surface area contributed by atoms with Gasteiger partial charge in [0.2, 0.25) is 0 Å². The summed E-state index contributed by atoms with van der Waals surface area (Å²) in [7, 11) is 0. The molecule has 0 saturated heterocycles. The molecule has 1 aromatic carbocycles. The summed E-state index contributed by atoms with van der Waals surface area (Å²) in [5.41, 5.74) is 3.66. The molecule has 1 saturated carbocycles. The third-order valence-electron chi connectivity index (χ3n) is 4.21. The fourth-order valence-electron chi connectivity index (χ4n) is 2.53. The Morgan fingerprint density at radius 2 is 2.08 bits per heavy atom. The van der Waals surface area contributed by atoms with E-state index in [-0.39, 0.29) is 12.5 Å². The lowest BCUT2D eigenvalue weighted by atomic mass is 10.2. The number of carbonyl (C=O) groups is 1. The number of nitrogens with zero attached hydrogens (tertiary/aromatic N) is 1. The van der Waals surface area contributed by atoms with Gasteiger partial charge in [-0.2, -0.15) is 5.10 Å². The molecule has 24 heavy (non-hydrogen) atoms. The third kappa shape index (κ3) is 4.25. The Morgan fingerprint density at radius 3 is 2.75 bits per heavy atom. The van der Waals surface area contributed by atoms with Gasteiger partial charge in [-0.05, 0) is 48.6 Å². The lowest BCUT2D eigenvalue weighted by Gasteiger charge is -2.05. The predicted octanol–water partition coefficient (Wildman–Crippen LogP) is 3.49. The summed E-state index contributed by atoms with van der Waals surface area (Å²) in [6.45, 7) is 4.22. The van der Waals surface area contributed by atoms with Gasteiger partial charge < -0.3 is 9.15 Å². The zero-order valence-corrected chi connectivity index (χ0v) is 14.0. The molecule has 0 spiro atoms. The van der Waals surface area contributed by atoms with Gasteiger partial charge in [-0.25, -0.2) is 5.43 Å². The first-order valence-corrected chi connectivity index (χ1v) is 8.29. The molecule has 3 rings (SSSR count). The fraction of sp³-hybridized carbons (Fsp3) is 0.368. The summed E-state index contributed by atoms with van der Waals surface area (Å²) in [4.78, 5) is 11.7. The van der Waals surface area contributed by atoms with Crippen LogP contribution in [0.3, 0.4) is 0 Å². The van der Waals surface area contributed by atoms with Gasteiger partial charge in [-0.1, -0.05) is 26.0 Å². The van der Waals surface area contributed by atoms with Crippen molar-refractivity contribution in [1.29, 1.82) is 0 Å². The first-order valence-electron chi connectivity index (χ1n) is 8.29. The summed E-state index contributed by atoms with van der Waals surface area (Å²) in [5, 5.41) is 3.90. The first kappa shape index (κ1) is 16.3. The number of ether oxygens (including phenoxy) is 1. The molecule has 5 heteroatoms. The number of aryl methyl sites for hydroxylation is 1. The molecule has 0 radical (unpaired) electrons. The van der Waals surface area contributed by atoms with Gasteiger partial charge in [0.05, 0.1) is 6.21 Å². The Balaban J connectivity index is 1.42. The maximum atomic E-state index is 11.7. The molecule has 1 N–H and O–H groups in total. The molecule has 2 aromatic rings. The van der Waals surface area contributed by atoms with Crippen molar-refractivity contribution in [3.05, 3.63) is 53.5 Å². The predicted molar refractivity (Wildman–Crippen MR) is 92.3 cm³/mol. The summed E-state index contributed by atoms with van der Waals surface area (Å²) in [5.74, 6) is 3.22. The van der Waals surface area contributed by atoms with Crippen LogP contribution in [0.25, 0.3) is 0 Å². The molecule has 1 aromatic heterocycles. The van der Waals surface area contributed by atoms with E-state index in [1.54, 1.807) is 0 Å². The standard InChI is InChI=1S/C19H22N2O3/c1-3-14-4-6-15(7-5-14)23-12-19(22)21-20-11-16-8-9-18(24-16)17-10-13(17)2/h4-9,11,13,17H,3,10,12H2,1-2H3,(H,21,22)/b20-11-/t13-,17+/m0/s1. The Labute approximate surface area is 141 Å². The molecule has 0 aliphatic heterocycles. The van der Waals surface area contributed by atoms with Crippen LogP contribution in [0.4, 0.5) is 0 Å². The van der Waals surface area contributed by atoms with Crippen LogP contribution in [-0.2, 0) is 11.2 Å².